The van der Waals surface area contributed by atoms with Crippen LogP contribution in [0.1, 0.15) is 57.8 Å². The van der Waals surface area contributed by atoms with Crippen molar-refractivity contribution in [3.8, 4) is 12.3 Å². The first-order valence-corrected chi connectivity index (χ1v) is 7.01. The Morgan fingerprint density at radius 3 is 2.31 bits per heavy atom. The lowest BCUT2D eigenvalue weighted by Crippen LogP contribution is -2.41. The molecule has 0 N–H and O–H groups in total. The zero-order valence-electron chi connectivity index (χ0n) is 10.5. The first-order chi connectivity index (χ1) is 7.85. The number of hydrogen-bond donors (Lipinski definition) is 0. The van der Waals surface area contributed by atoms with Gasteiger partial charge in [-0.1, -0.05) is 19.3 Å². The highest BCUT2D eigenvalue weighted by Crippen LogP contribution is 2.44. The summed E-state index contributed by atoms with van der Waals surface area (Å²) in [5.41, 5.74) is 0.751. The predicted octanol–water partition coefficient (Wildman–Crippen LogP) is 3.45. The fraction of sp³-hybridized carbons (Fsp3) is 0.867. The summed E-state index contributed by atoms with van der Waals surface area (Å²) in [6.07, 6.45) is 17.8. The molecule has 16 heavy (non-hydrogen) atoms. The third kappa shape index (κ3) is 3.01. The predicted molar refractivity (Wildman–Crippen MR) is 69.3 cm³/mol. The molecule has 1 aliphatic carbocycles. The van der Waals surface area contributed by atoms with E-state index < -0.39 is 0 Å². The molecule has 0 atom stereocenters. The summed E-state index contributed by atoms with van der Waals surface area (Å²) in [5.74, 6) is 2.74. The van der Waals surface area contributed by atoms with Gasteiger partial charge in [-0.05, 0) is 57.2 Å². The summed E-state index contributed by atoms with van der Waals surface area (Å²) in [7, 11) is 0. The van der Waals surface area contributed by atoms with E-state index in [1.165, 1.54) is 71.0 Å². The van der Waals surface area contributed by atoms with E-state index in [9.17, 15) is 0 Å². The van der Waals surface area contributed by atoms with Crippen molar-refractivity contribution >= 4 is 0 Å². The molecule has 2 fully saturated rings. The average molecular weight is 219 g/mol. The number of rotatable bonds is 3. The van der Waals surface area contributed by atoms with E-state index in [0.29, 0.717) is 0 Å². The highest BCUT2D eigenvalue weighted by molar-refractivity contribution is 4.89. The van der Waals surface area contributed by atoms with Crippen LogP contribution in [0.25, 0.3) is 0 Å². The largest absolute Gasteiger partial charge is 0.303 e. The van der Waals surface area contributed by atoms with Crippen molar-refractivity contribution in [1.29, 1.82) is 0 Å². The van der Waals surface area contributed by atoms with Crippen LogP contribution in [0, 0.1) is 17.8 Å². The summed E-state index contributed by atoms with van der Waals surface area (Å²) >= 11 is 0. The van der Waals surface area contributed by atoms with E-state index in [1.807, 2.05) is 0 Å². The van der Waals surface area contributed by atoms with Crippen molar-refractivity contribution in [2.75, 3.05) is 19.6 Å². The molecule has 0 aromatic heterocycles. The Kier molecular flexibility index (Phi) is 4.29. The van der Waals surface area contributed by atoms with Crippen LogP contribution in [-0.2, 0) is 0 Å². The second-order valence-electron chi connectivity index (χ2n) is 5.71. The van der Waals surface area contributed by atoms with Gasteiger partial charge < -0.3 is 4.90 Å². The Hall–Kier alpha value is -0.480. The molecule has 0 bridgehead atoms. The van der Waals surface area contributed by atoms with Gasteiger partial charge in [-0.3, -0.25) is 0 Å². The molecule has 90 valence electrons. The van der Waals surface area contributed by atoms with Crippen molar-refractivity contribution < 1.29 is 0 Å². The molecule has 1 nitrogen and oxygen atoms in total. The van der Waals surface area contributed by atoms with Gasteiger partial charge in [-0.25, -0.2) is 0 Å². The maximum absolute atomic E-state index is 5.29. The van der Waals surface area contributed by atoms with E-state index in [0.717, 1.165) is 11.8 Å². The van der Waals surface area contributed by atoms with E-state index in [-0.39, 0.29) is 0 Å². The number of nitrogens with zero attached hydrogens (tertiary/aromatic N) is 1. The standard InChI is InChI=1S/C15H25N/c1-2-3-7-12-16-13-10-15(11-14-16)8-5-4-6-9-15/h1H,3-14H2. The molecule has 0 amide bonds. The summed E-state index contributed by atoms with van der Waals surface area (Å²) in [6.45, 7) is 3.87. The number of terminal acetylenes is 1. The second kappa shape index (κ2) is 5.73. The lowest BCUT2D eigenvalue weighted by molar-refractivity contribution is 0.0675. The van der Waals surface area contributed by atoms with Gasteiger partial charge in [-0.2, -0.15) is 0 Å². The van der Waals surface area contributed by atoms with E-state index in [4.69, 9.17) is 6.42 Å². The molecule has 1 heterocycles. The molecule has 2 aliphatic rings. The average Bonchev–Trinajstić information content (AvgIpc) is 2.33. The number of likely N-dealkylation sites (tertiary alicyclic amines) is 1. The minimum Gasteiger partial charge on any atom is -0.303 e. The van der Waals surface area contributed by atoms with E-state index >= 15 is 0 Å². The quantitative estimate of drug-likeness (QED) is 0.519. The van der Waals surface area contributed by atoms with Crippen LogP contribution in [0.15, 0.2) is 0 Å². The molecule has 1 saturated carbocycles. The fourth-order valence-corrected chi connectivity index (χ4v) is 3.46. The number of unbranched alkanes of at least 4 members (excludes halogenated alkanes) is 1. The smallest absolute Gasteiger partial charge is 0.00982 e. The maximum atomic E-state index is 5.29. The summed E-state index contributed by atoms with van der Waals surface area (Å²) in [5, 5.41) is 0. The molecule has 1 heteroatoms. The minimum absolute atomic E-state index is 0.751. The van der Waals surface area contributed by atoms with E-state index in [2.05, 4.69) is 10.8 Å². The molecular formula is C15H25N. The van der Waals surface area contributed by atoms with Gasteiger partial charge >= 0.3 is 0 Å². The molecule has 0 aromatic carbocycles. The monoisotopic (exact) mass is 219 g/mol. The molecular weight excluding hydrogens is 194 g/mol. The Labute approximate surface area is 101 Å². The molecule has 2 rings (SSSR count). The van der Waals surface area contributed by atoms with Crippen LogP contribution in [0.2, 0.25) is 0 Å². The van der Waals surface area contributed by atoms with Crippen molar-refractivity contribution in [3.05, 3.63) is 0 Å². The van der Waals surface area contributed by atoms with Crippen LogP contribution in [-0.4, -0.2) is 24.5 Å². The van der Waals surface area contributed by atoms with Gasteiger partial charge in [0.1, 0.15) is 0 Å². The SMILES string of the molecule is C#CCCCN1CCC2(CCCCC2)CC1. The molecule has 1 saturated heterocycles. The fourth-order valence-electron chi connectivity index (χ4n) is 3.46. The third-order valence-electron chi connectivity index (χ3n) is 4.63. The van der Waals surface area contributed by atoms with Crippen LogP contribution in [0.3, 0.4) is 0 Å². The molecule has 1 aliphatic heterocycles. The molecule has 0 radical (unpaired) electrons. The van der Waals surface area contributed by atoms with Crippen molar-refractivity contribution in [3.63, 3.8) is 0 Å². The highest BCUT2D eigenvalue weighted by atomic mass is 15.1. The highest BCUT2D eigenvalue weighted by Gasteiger charge is 2.34. The Morgan fingerprint density at radius 2 is 1.69 bits per heavy atom. The molecule has 1 spiro atoms. The topological polar surface area (TPSA) is 3.24 Å². The Bertz CT molecular complexity index is 235. The maximum Gasteiger partial charge on any atom is 0.00982 e. The first kappa shape index (κ1) is 12.0. The van der Waals surface area contributed by atoms with Crippen molar-refractivity contribution in [2.24, 2.45) is 5.41 Å². The van der Waals surface area contributed by atoms with Gasteiger partial charge in [-0.15, -0.1) is 12.3 Å². The zero-order valence-corrected chi connectivity index (χ0v) is 10.5. The van der Waals surface area contributed by atoms with Gasteiger partial charge in [0.2, 0.25) is 0 Å². The van der Waals surface area contributed by atoms with Gasteiger partial charge in [0.15, 0.2) is 0 Å². The van der Waals surface area contributed by atoms with Crippen LogP contribution >= 0.6 is 0 Å². The van der Waals surface area contributed by atoms with Gasteiger partial charge in [0, 0.05) is 6.42 Å². The van der Waals surface area contributed by atoms with Gasteiger partial charge in [0.25, 0.3) is 0 Å². The van der Waals surface area contributed by atoms with Crippen molar-refractivity contribution in [1.82, 2.24) is 4.90 Å². The zero-order chi connectivity index (χ0) is 11.3. The van der Waals surface area contributed by atoms with E-state index in [1.54, 1.807) is 0 Å². The summed E-state index contributed by atoms with van der Waals surface area (Å²) < 4.78 is 0. The number of piperidine rings is 1. The van der Waals surface area contributed by atoms with Crippen LogP contribution in [0.4, 0.5) is 0 Å². The minimum atomic E-state index is 0.751. The molecule has 0 unspecified atom stereocenters. The Morgan fingerprint density at radius 1 is 1.00 bits per heavy atom. The summed E-state index contributed by atoms with van der Waals surface area (Å²) in [4.78, 5) is 2.62. The molecule has 0 aromatic rings. The van der Waals surface area contributed by atoms with Crippen molar-refractivity contribution in [2.45, 2.75) is 57.8 Å². The second-order valence-corrected chi connectivity index (χ2v) is 5.71. The van der Waals surface area contributed by atoms with Crippen LogP contribution < -0.4 is 0 Å². The number of hydrogen-bond acceptors (Lipinski definition) is 1. The lowest BCUT2D eigenvalue weighted by Gasteiger charge is -2.44. The normalized spacial score (nSPS) is 25.4. The third-order valence-corrected chi connectivity index (χ3v) is 4.63. The Balaban J connectivity index is 1.71. The van der Waals surface area contributed by atoms with Crippen LogP contribution in [0.5, 0.6) is 0 Å². The van der Waals surface area contributed by atoms with Gasteiger partial charge in [0.05, 0.1) is 0 Å². The summed E-state index contributed by atoms with van der Waals surface area (Å²) in [6, 6.07) is 0. The first-order valence-electron chi connectivity index (χ1n) is 7.01. The lowest BCUT2D eigenvalue weighted by atomic mass is 9.68.